The summed E-state index contributed by atoms with van der Waals surface area (Å²) in [6, 6.07) is 7.97. The number of fused-ring (bicyclic) bond motifs is 1. The van der Waals surface area contributed by atoms with Crippen LogP contribution in [0.2, 0.25) is 0 Å². The summed E-state index contributed by atoms with van der Waals surface area (Å²) in [5.74, 6) is 1.41. The number of rotatable bonds is 4. The van der Waals surface area contributed by atoms with Gasteiger partial charge >= 0.3 is 0 Å². The Balaban J connectivity index is 2.25. The minimum absolute atomic E-state index is 0.149. The summed E-state index contributed by atoms with van der Waals surface area (Å²) >= 11 is 0. The van der Waals surface area contributed by atoms with Crippen LogP contribution in [0.3, 0.4) is 0 Å². The first-order valence-electron chi connectivity index (χ1n) is 7.86. The van der Waals surface area contributed by atoms with Crippen molar-refractivity contribution in [1.29, 1.82) is 0 Å². The van der Waals surface area contributed by atoms with Crippen LogP contribution >= 0.6 is 0 Å². The number of hydrogen-bond donors (Lipinski definition) is 1. The van der Waals surface area contributed by atoms with Crippen molar-refractivity contribution >= 4 is 17.2 Å². The van der Waals surface area contributed by atoms with Gasteiger partial charge in [-0.1, -0.05) is 11.6 Å². The van der Waals surface area contributed by atoms with Gasteiger partial charge in [-0.05, 0) is 39.0 Å². The molecule has 0 aliphatic heterocycles. The second-order valence-corrected chi connectivity index (χ2v) is 5.70. The van der Waals surface area contributed by atoms with Gasteiger partial charge in [0, 0.05) is 24.2 Å². The molecule has 1 N–H and O–H groups in total. The highest BCUT2D eigenvalue weighted by Crippen LogP contribution is 2.33. The van der Waals surface area contributed by atoms with Crippen molar-refractivity contribution in [1.82, 2.24) is 14.6 Å². The number of nitrogens with one attached hydrogen (secondary N) is 1. The highest BCUT2D eigenvalue weighted by Gasteiger charge is 2.14. The van der Waals surface area contributed by atoms with Crippen LogP contribution < -0.4 is 10.1 Å². The highest BCUT2D eigenvalue weighted by molar-refractivity contribution is 5.94. The van der Waals surface area contributed by atoms with Crippen molar-refractivity contribution in [2.75, 3.05) is 11.9 Å². The maximum absolute atomic E-state index is 11.5. The number of carbonyl (C=O) groups excluding carboxylic acids is 1. The predicted octanol–water partition coefficient (Wildman–Crippen LogP) is 3.37. The Morgan fingerprint density at radius 3 is 2.75 bits per heavy atom. The smallest absolute Gasteiger partial charge is 0.221 e. The fraction of sp³-hybridized carbons (Fsp3) is 0.278. The largest absolute Gasteiger partial charge is 0.493 e. The molecule has 6 nitrogen and oxygen atoms in total. The van der Waals surface area contributed by atoms with Gasteiger partial charge in [-0.25, -0.2) is 0 Å². The van der Waals surface area contributed by atoms with Crippen LogP contribution in [0.4, 0.5) is 5.69 Å². The van der Waals surface area contributed by atoms with E-state index in [4.69, 9.17) is 4.74 Å². The van der Waals surface area contributed by atoms with Crippen molar-refractivity contribution < 1.29 is 9.53 Å². The average molecular weight is 324 g/mol. The first kappa shape index (κ1) is 16.0. The maximum Gasteiger partial charge on any atom is 0.221 e. The third kappa shape index (κ3) is 2.95. The van der Waals surface area contributed by atoms with E-state index in [-0.39, 0.29) is 5.91 Å². The van der Waals surface area contributed by atoms with Crippen LogP contribution in [-0.2, 0) is 4.79 Å². The van der Waals surface area contributed by atoms with Crippen LogP contribution in [0, 0.1) is 13.8 Å². The van der Waals surface area contributed by atoms with Gasteiger partial charge in [0.2, 0.25) is 5.91 Å². The van der Waals surface area contributed by atoms with E-state index in [1.165, 1.54) is 6.92 Å². The molecule has 6 heteroatoms. The number of nitrogens with zero attached hydrogens (tertiary/aromatic N) is 3. The Morgan fingerprint density at radius 2 is 2.04 bits per heavy atom. The molecule has 2 heterocycles. The topological polar surface area (TPSA) is 68.5 Å². The number of carbonyl (C=O) groups is 1. The Hall–Kier alpha value is -2.89. The Bertz CT molecular complexity index is 915. The zero-order valence-electron chi connectivity index (χ0n) is 14.3. The molecule has 1 amide bonds. The molecule has 2 aromatic heterocycles. The Morgan fingerprint density at radius 1 is 1.25 bits per heavy atom. The standard InChI is InChI=1S/C18H20N4O2/c1-5-24-17-7-6-11(2)8-15(17)14-9-16(19-13(4)23)18-21-20-12(3)22(18)10-14/h6-10H,5H2,1-4H3,(H,19,23). The number of benzene rings is 1. The summed E-state index contributed by atoms with van der Waals surface area (Å²) in [6.45, 7) is 7.93. The van der Waals surface area contributed by atoms with Crippen LogP contribution in [0.5, 0.6) is 5.75 Å². The average Bonchev–Trinajstić information content (AvgIpc) is 2.90. The molecule has 0 spiro atoms. The molecule has 24 heavy (non-hydrogen) atoms. The second kappa shape index (κ2) is 6.31. The van der Waals surface area contributed by atoms with Crippen LogP contribution in [-0.4, -0.2) is 27.1 Å². The van der Waals surface area contributed by atoms with Crippen LogP contribution in [0.15, 0.2) is 30.5 Å². The molecule has 0 bridgehead atoms. The van der Waals surface area contributed by atoms with Gasteiger partial charge in [-0.15, -0.1) is 10.2 Å². The third-order valence-corrected chi connectivity index (χ3v) is 3.73. The molecule has 0 unspecified atom stereocenters. The normalized spacial score (nSPS) is 10.8. The lowest BCUT2D eigenvalue weighted by molar-refractivity contribution is -0.114. The number of aromatic nitrogens is 3. The molecule has 124 valence electrons. The maximum atomic E-state index is 11.5. The second-order valence-electron chi connectivity index (χ2n) is 5.70. The van der Waals surface area contributed by atoms with Crippen molar-refractivity contribution in [3.05, 3.63) is 41.9 Å². The van der Waals surface area contributed by atoms with E-state index < -0.39 is 0 Å². The van der Waals surface area contributed by atoms with E-state index in [0.717, 1.165) is 28.3 Å². The molecule has 0 saturated heterocycles. The molecule has 0 aliphatic rings. The Kier molecular flexibility index (Phi) is 4.20. The quantitative estimate of drug-likeness (QED) is 0.799. The molecular weight excluding hydrogens is 304 g/mol. The van der Waals surface area contributed by atoms with Crippen molar-refractivity contribution in [3.8, 4) is 16.9 Å². The van der Waals surface area contributed by atoms with Gasteiger partial charge in [0.05, 0.1) is 12.3 Å². The fourth-order valence-electron chi connectivity index (χ4n) is 2.68. The monoisotopic (exact) mass is 324 g/mol. The van der Waals surface area contributed by atoms with Gasteiger partial charge in [-0.2, -0.15) is 0 Å². The van der Waals surface area contributed by atoms with E-state index >= 15 is 0 Å². The SMILES string of the molecule is CCOc1ccc(C)cc1-c1cc(NC(C)=O)c2nnc(C)n2c1. The van der Waals surface area contributed by atoms with E-state index in [1.54, 1.807) is 0 Å². The zero-order chi connectivity index (χ0) is 17.3. The number of amides is 1. The minimum atomic E-state index is -0.149. The minimum Gasteiger partial charge on any atom is -0.493 e. The predicted molar refractivity (Wildman–Crippen MR) is 93.4 cm³/mol. The molecule has 0 aliphatic carbocycles. The Labute approximate surface area is 140 Å². The molecule has 1 aromatic carbocycles. The number of ether oxygens (including phenoxy) is 1. The van der Waals surface area contributed by atoms with E-state index in [9.17, 15) is 4.79 Å². The summed E-state index contributed by atoms with van der Waals surface area (Å²) in [5.41, 5.74) is 4.29. The molecule has 3 aromatic rings. The van der Waals surface area contributed by atoms with Gasteiger partial charge in [0.25, 0.3) is 0 Å². The lowest BCUT2D eigenvalue weighted by Gasteiger charge is -2.14. The summed E-state index contributed by atoms with van der Waals surface area (Å²) in [4.78, 5) is 11.5. The number of pyridine rings is 1. The fourth-order valence-corrected chi connectivity index (χ4v) is 2.68. The first-order chi connectivity index (χ1) is 11.5. The number of aryl methyl sites for hydroxylation is 2. The van der Waals surface area contributed by atoms with Gasteiger partial charge in [-0.3, -0.25) is 9.20 Å². The van der Waals surface area contributed by atoms with E-state index in [0.29, 0.717) is 17.9 Å². The van der Waals surface area contributed by atoms with Crippen LogP contribution in [0.25, 0.3) is 16.8 Å². The zero-order valence-corrected chi connectivity index (χ0v) is 14.3. The lowest BCUT2D eigenvalue weighted by atomic mass is 10.0. The van der Waals surface area contributed by atoms with Gasteiger partial charge in [0.1, 0.15) is 11.6 Å². The van der Waals surface area contributed by atoms with Crippen molar-refractivity contribution in [3.63, 3.8) is 0 Å². The molecule has 0 saturated carbocycles. The number of anilines is 1. The molecule has 0 atom stereocenters. The van der Waals surface area contributed by atoms with Crippen molar-refractivity contribution in [2.24, 2.45) is 0 Å². The van der Waals surface area contributed by atoms with E-state index in [1.807, 2.05) is 49.6 Å². The highest BCUT2D eigenvalue weighted by atomic mass is 16.5. The first-order valence-corrected chi connectivity index (χ1v) is 7.86. The van der Waals surface area contributed by atoms with Crippen LogP contribution in [0.1, 0.15) is 25.2 Å². The third-order valence-electron chi connectivity index (χ3n) is 3.73. The van der Waals surface area contributed by atoms with Gasteiger partial charge in [0.15, 0.2) is 5.65 Å². The summed E-state index contributed by atoms with van der Waals surface area (Å²) in [7, 11) is 0. The van der Waals surface area contributed by atoms with Crippen molar-refractivity contribution in [2.45, 2.75) is 27.7 Å². The summed E-state index contributed by atoms with van der Waals surface area (Å²) in [5, 5.41) is 11.1. The number of hydrogen-bond acceptors (Lipinski definition) is 4. The summed E-state index contributed by atoms with van der Waals surface area (Å²) in [6.07, 6.45) is 1.97. The van der Waals surface area contributed by atoms with E-state index in [2.05, 4.69) is 21.6 Å². The molecule has 3 rings (SSSR count). The molecule has 0 radical (unpaired) electrons. The lowest BCUT2D eigenvalue weighted by Crippen LogP contribution is -2.08. The molecular formula is C18H20N4O2. The molecule has 0 fully saturated rings. The summed E-state index contributed by atoms with van der Waals surface area (Å²) < 4.78 is 7.64. The van der Waals surface area contributed by atoms with Gasteiger partial charge < -0.3 is 10.1 Å².